The van der Waals surface area contributed by atoms with Gasteiger partial charge >= 0.3 is 0 Å². The number of anilines is 2. The van der Waals surface area contributed by atoms with Gasteiger partial charge in [0, 0.05) is 17.8 Å². The Hall–Kier alpha value is -3.12. The van der Waals surface area contributed by atoms with Gasteiger partial charge in [0.2, 0.25) is 5.91 Å². The molecule has 1 aliphatic heterocycles. The van der Waals surface area contributed by atoms with E-state index in [-0.39, 0.29) is 10.8 Å². The molecule has 0 aliphatic carbocycles. The first-order valence-electron chi connectivity index (χ1n) is 9.08. The molecule has 1 aliphatic rings. The largest absolute Gasteiger partial charge is 0.308 e. The molecule has 0 radical (unpaired) electrons. The lowest BCUT2D eigenvalue weighted by molar-refractivity contribution is -0.119. The van der Waals surface area contributed by atoms with Gasteiger partial charge in [0.15, 0.2) is 0 Å². The molecule has 0 aromatic heterocycles. The molecule has 1 N–H and O–H groups in total. The first-order chi connectivity index (χ1) is 13.5. The molecule has 4 rings (SSSR count). The van der Waals surface area contributed by atoms with E-state index in [1.165, 1.54) is 0 Å². The zero-order valence-corrected chi connectivity index (χ0v) is 16.0. The Bertz CT molecular complexity index is 1100. The summed E-state index contributed by atoms with van der Waals surface area (Å²) in [5.41, 5.74) is 3.35. The first kappa shape index (κ1) is 18.3. The Morgan fingerprint density at radius 2 is 1.54 bits per heavy atom. The fraction of sp³-hybridized carbons (Fsp3) is 0.136. The number of hydrogen-bond donors (Lipinski definition) is 1. The van der Waals surface area contributed by atoms with Crippen LogP contribution in [-0.2, 0) is 27.8 Å². The summed E-state index contributed by atoms with van der Waals surface area (Å²) in [5.74, 6) is 0.0777. The highest BCUT2D eigenvalue weighted by atomic mass is 32.2. The zero-order chi connectivity index (χ0) is 19.6. The van der Waals surface area contributed by atoms with Crippen molar-refractivity contribution in [2.75, 3.05) is 9.62 Å². The van der Waals surface area contributed by atoms with Gasteiger partial charge in [-0.1, -0.05) is 48.5 Å². The minimum absolute atomic E-state index is 0.0777. The lowest BCUT2D eigenvalue weighted by atomic mass is 10.00. The molecule has 1 amide bonds. The van der Waals surface area contributed by atoms with E-state index in [9.17, 15) is 13.2 Å². The predicted molar refractivity (Wildman–Crippen MR) is 110 cm³/mol. The lowest BCUT2D eigenvalue weighted by Crippen LogP contribution is -2.34. The molecule has 0 saturated carbocycles. The Morgan fingerprint density at radius 3 is 2.25 bits per heavy atom. The van der Waals surface area contributed by atoms with E-state index in [2.05, 4.69) is 4.72 Å². The monoisotopic (exact) mass is 392 g/mol. The molecule has 0 bridgehead atoms. The fourth-order valence-corrected chi connectivity index (χ4v) is 4.45. The third kappa shape index (κ3) is 3.77. The molecule has 0 atom stereocenters. The fourth-order valence-electron chi connectivity index (χ4n) is 3.38. The highest BCUT2D eigenvalue weighted by molar-refractivity contribution is 7.92. The highest BCUT2D eigenvalue weighted by Gasteiger charge is 2.25. The van der Waals surface area contributed by atoms with Crippen LogP contribution in [0.2, 0.25) is 0 Å². The highest BCUT2D eigenvalue weighted by Crippen LogP contribution is 2.32. The number of carbonyl (C=O) groups excluding carboxylic acids is 1. The summed E-state index contributed by atoms with van der Waals surface area (Å²) in [6.45, 7) is 0.502. The number of rotatable bonds is 5. The van der Waals surface area contributed by atoms with Gasteiger partial charge in [-0.05, 0) is 47.9 Å². The van der Waals surface area contributed by atoms with E-state index in [4.69, 9.17) is 0 Å². The third-order valence-corrected chi connectivity index (χ3v) is 6.17. The predicted octanol–water partition coefficient (Wildman–Crippen LogP) is 3.97. The van der Waals surface area contributed by atoms with Gasteiger partial charge in [0.25, 0.3) is 10.0 Å². The second kappa shape index (κ2) is 7.48. The topological polar surface area (TPSA) is 66.5 Å². The lowest BCUT2D eigenvalue weighted by Gasteiger charge is -2.30. The van der Waals surface area contributed by atoms with Crippen LogP contribution >= 0.6 is 0 Å². The third-order valence-electron chi connectivity index (χ3n) is 4.77. The Balaban J connectivity index is 1.61. The van der Waals surface area contributed by atoms with Crippen LogP contribution < -0.4 is 9.62 Å². The number of benzene rings is 3. The first-order valence-corrected chi connectivity index (χ1v) is 10.6. The molecule has 3 aromatic rings. The number of sulfonamides is 1. The normalized spacial score (nSPS) is 13.9. The van der Waals surface area contributed by atoms with Gasteiger partial charge in [0.05, 0.1) is 11.4 Å². The van der Waals surface area contributed by atoms with Gasteiger partial charge in [-0.3, -0.25) is 9.52 Å². The van der Waals surface area contributed by atoms with Crippen molar-refractivity contribution in [1.82, 2.24) is 0 Å². The van der Waals surface area contributed by atoms with E-state index in [0.29, 0.717) is 25.1 Å². The molecule has 0 unspecified atom stereocenters. The van der Waals surface area contributed by atoms with Crippen molar-refractivity contribution in [3.8, 4) is 0 Å². The van der Waals surface area contributed by atoms with Gasteiger partial charge in [0.1, 0.15) is 0 Å². The van der Waals surface area contributed by atoms with E-state index in [1.54, 1.807) is 41.3 Å². The smallest absolute Gasteiger partial charge is 0.261 e. The number of carbonyl (C=O) groups is 1. The van der Waals surface area contributed by atoms with Crippen molar-refractivity contribution >= 4 is 27.3 Å². The van der Waals surface area contributed by atoms with E-state index in [1.807, 2.05) is 42.5 Å². The summed E-state index contributed by atoms with van der Waals surface area (Å²) in [7, 11) is -3.64. The summed E-state index contributed by atoms with van der Waals surface area (Å²) in [5, 5.41) is 0. The molecule has 6 heteroatoms. The van der Waals surface area contributed by atoms with Crippen LogP contribution in [0, 0.1) is 0 Å². The number of fused-ring (bicyclic) bond motifs is 1. The minimum atomic E-state index is -3.64. The van der Waals surface area contributed by atoms with Crippen molar-refractivity contribution in [2.45, 2.75) is 24.3 Å². The van der Waals surface area contributed by atoms with Crippen LogP contribution in [0.15, 0.2) is 83.8 Å². The quantitative estimate of drug-likeness (QED) is 0.715. The van der Waals surface area contributed by atoms with Crippen LogP contribution in [0.4, 0.5) is 11.4 Å². The van der Waals surface area contributed by atoms with Crippen molar-refractivity contribution in [3.63, 3.8) is 0 Å². The maximum absolute atomic E-state index is 12.6. The SMILES string of the molecule is O=C1CCc2cc(NS(=O)(=O)c3ccccc3)ccc2N1Cc1ccccc1. The van der Waals surface area contributed by atoms with Gasteiger partial charge in [-0.15, -0.1) is 0 Å². The van der Waals surface area contributed by atoms with Gasteiger partial charge in [-0.2, -0.15) is 0 Å². The molecule has 0 saturated heterocycles. The average Bonchev–Trinajstić information content (AvgIpc) is 2.71. The van der Waals surface area contributed by atoms with Crippen LogP contribution in [0.1, 0.15) is 17.5 Å². The van der Waals surface area contributed by atoms with E-state index in [0.717, 1.165) is 16.8 Å². The Labute approximate surface area is 164 Å². The molecule has 0 fully saturated rings. The van der Waals surface area contributed by atoms with Crippen molar-refractivity contribution in [2.24, 2.45) is 0 Å². The van der Waals surface area contributed by atoms with Crippen LogP contribution in [0.5, 0.6) is 0 Å². The summed E-state index contributed by atoms with van der Waals surface area (Å²) >= 11 is 0. The number of amides is 1. The van der Waals surface area contributed by atoms with Crippen molar-refractivity contribution in [3.05, 3.63) is 90.0 Å². The summed E-state index contributed by atoms with van der Waals surface area (Å²) in [4.78, 5) is 14.5. The minimum Gasteiger partial charge on any atom is -0.308 e. The number of nitrogens with zero attached hydrogens (tertiary/aromatic N) is 1. The molecular formula is C22H20N2O3S. The molecule has 5 nitrogen and oxygen atoms in total. The number of aryl methyl sites for hydroxylation is 1. The molecule has 28 heavy (non-hydrogen) atoms. The second-order valence-electron chi connectivity index (χ2n) is 6.73. The maximum atomic E-state index is 12.6. The van der Waals surface area contributed by atoms with Crippen LogP contribution in [0.3, 0.4) is 0 Å². The molecule has 142 valence electrons. The Kier molecular flexibility index (Phi) is 4.88. The summed E-state index contributed by atoms with van der Waals surface area (Å²) < 4.78 is 27.7. The van der Waals surface area contributed by atoms with E-state index >= 15 is 0 Å². The summed E-state index contributed by atoms with van der Waals surface area (Å²) in [6, 6.07) is 23.4. The standard InChI is InChI=1S/C22H20N2O3S/c25-22-14-11-18-15-19(23-28(26,27)20-9-5-2-6-10-20)12-13-21(18)24(22)16-17-7-3-1-4-8-17/h1-10,12-13,15,23H,11,14,16H2. The summed E-state index contributed by atoms with van der Waals surface area (Å²) in [6.07, 6.45) is 1.01. The van der Waals surface area contributed by atoms with Gasteiger partial charge < -0.3 is 4.90 Å². The number of nitrogens with one attached hydrogen (secondary N) is 1. The van der Waals surface area contributed by atoms with E-state index < -0.39 is 10.0 Å². The molecule has 3 aromatic carbocycles. The maximum Gasteiger partial charge on any atom is 0.261 e. The van der Waals surface area contributed by atoms with Crippen LogP contribution in [0.25, 0.3) is 0 Å². The van der Waals surface area contributed by atoms with Crippen molar-refractivity contribution in [1.29, 1.82) is 0 Å². The molecule has 0 spiro atoms. The average molecular weight is 392 g/mol. The molecule has 1 heterocycles. The zero-order valence-electron chi connectivity index (χ0n) is 15.2. The second-order valence-corrected chi connectivity index (χ2v) is 8.41. The number of hydrogen-bond acceptors (Lipinski definition) is 3. The van der Waals surface area contributed by atoms with Gasteiger partial charge in [-0.25, -0.2) is 8.42 Å². The van der Waals surface area contributed by atoms with Crippen LogP contribution in [-0.4, -0.2) is 14.3 Å². The van der Waals surface area contributed by atoms with Crippen molar-refractivity contribution < 1.29 is 13.2 Å². The Morgan fingerprint density at radius 1 is 0.857 bits per heavy atom. The molecular weight excluding hydrogens is 372 g/mol.